The van der Waals surface area contributed by atoms with Gasteiger partial charge in [0.1, 0.15) is 6.04 Å². The summed E-state index contributed by atoms with van der Waals surface area (Å²) in [6.07, 6.45) is 0.891. The van der Waals surface area contributed by atoms with E-state index in [2.05, 4.69) is 30.9 Å². The number of hydrogen-bond donors (Lipinski definition) is 3. The maximum Gasteiger partial charge on any atom is 0.323 e. The maximum atomic E-state index is 11.8. The van der Waals surface area contributed by atoms with E-state index in [1.165, 1.54) is 0 Å². The Morgan fingerprint density at radius 1 is 1.25 bits per heavy atom. The molecule has 0 aromatic carbocycles. The van der Waals surface area contributed by atoms with Gasteiger partial charge >= 0.3 is 6.01 Å². The summed E-state index contributed by atoms with van der Waals surface area (Å²) >= 11 is 0. The van der Waals surface area contributed by atoms with Crippen molar-refractivity contribution in [2.24, 2.45) is 0 Å². The van der Waals surface area contributed by atoms with Crippen LogP contribution in [0.3, 0.4) is 0 Å². The highest BCUT2D eigenvalue weighted by atomic mass is 16.5. The number of aromatic nitrogens is 3. The molecule has 0 aliphatic rings. The topological polar surface area (TPSA) is 101 Å². The van der Waals surface area contributed by atoms with E-state index in [0.717, 1.165) is 6.42 Å². The molecule has 0 spiro atoms. The predicted molar refractivity (Wildman–Crippen MR) is 76.9 cm³/mol. The largest absolute Gasteiger partial charge is 0.464 e. The number of amides is 1. The summed E-state index contributed by atoms with van der Waals surface area (Å²) in [7, 11) is 1.70. The highest BCUT2D eigenvalue weighted by Gasteiger charge is 2.14. The number of anilines is 2. The van der Waals surface area contributed by atoms with Gasteiger partial charge in [0.2, 0.25) is 17.8 Å². The van der Waals surface area contributed by atoms with E-state index in [4.69, 9.17) is 4.74 Å². The van der Waals surface area contributed by atoms with Crippen LogP contribution in [0.2, 0.25) is 0 Å². The van der Waals surface area contributed by atoms with E-state index in [-0.39, 0.29) is 11.9 Å². The van der Waals surface area contributed by atoms with Crippen LogP contribution >= 0.6 is 0 Å². The van der Waals surface area contributed by atoms with E-state index in [0.29, 0.717) is 25.0 Å². The van der Waals surface area contributed by atoms with Gasteiger partial charge in [-0.15, -0.1) is 0 Å². The molecule has 0 saturated heterocycles. The Morgan fingerprint density at radius 3 is 2.55 bits per heavy atom. The lowest BCUT2D eigenvalue weighted by Crippen LogP contribution is -2.38. The van der Waals surface area contributed by atoms with Crippen molar-refractivity contribution >= 4 is 17.8 Å². The molecule has 1 rings (SSSR count). The third kappa shape index (κ3) is 4.87. The van der Waals surface area contributed by atoms with Gasteiger partial charge < -0.3 is 20.7 Å². The number of carbonyl (C=O) groups is 1. The van der Waals surface area contributed by atoms with Crippen molar-refractivity contribution in [3.05, 3.63) is 0 Å². The first kappa shape index (κ1) is 15.9. The molecular formula is C12H22N6O2. The highest BCUT2D eigenvalue weighted by molar-refractivity contribution is 5.83. The Labute approximate surface area is 118 Å². The zero-order chi connectivity index (χ0) is 15.0. The quantitative estimate of drug-likeness (QED) is 0.643. The second-order valence-corrected chi connectivity index (χ2v) is 4.11. The van der Waals surface area contributed by atoms with Gasteiger partial charge in [-0.1, -0.05) is 6.92 Å². The molecule has 1 heterocycles. The summed E-state index contributed by atoms with van der Waals surface area (Å²) in [5.74, 6) is 0.579. The van der Waals surface area contributed by atoms with E-state index < -0.39 is 6.04 Å². The van der Waals surface area contributed by atoms with Crippen molar-refractivity contribution in [2.75, 3.05) is 30.8 Å². The first-order valence-electron chi connectivity index (χ1n) is 6.71. The van der Waals surface area contributed by atoms with Crippen LogP contribution < -0.4 is 20.7 Å². The fourth-order valence-corrected chi connectivity index (χ4v) is 1.39. The van der Waals surface area contributed by atoms with Gasteiger partial charge in [-0.25, -0.2) is 0 Å². The molecule has 3 N–H and O–H groups in total. The van der Waals surface area contributed by atoms with E-state index in [9.17, 15) is 4.79 Å². The Kier molecular flexibility index (Phi) is 6.48. The summed E-state index contributed by atoms with van der Waals surface area (Å²) in [4.78, 5) is 24.1. The second-order valence-electron chi connectivity index (χ2n) is 4.11. The molecule has 0 bridgehead atoms. The molecule has 1 aromatic heterocycles. The first-order chi connectivity index (χ1) is 9.60. The molecule has 20 heavy (non-hydrogen) atoms. The summed E-state index contributed by atoms with van der Waals surface area (Å²) in [5.41, 5.74) is 0. The molecule has 1 atom stereocenters. The van der Waals surface area contributed by atoms with Crippen LogP contribution in [-0.4, -0.2) is 47.1 Å². The van der Waals surface area contributed by atoms with Gasteiger partial charge in [0.05, 0.1) is 6.61 Å². The second kappa shape index (κ2) is 8.13. The minimum atomic E-state index is -0.442. The highest BCUT2D eigenvalue weighted by Crippen LogP contribution is 2.11. The zero-order valence-corrected chi connectivity index (χ0v) is 12.4. The lowest BCUT2D eigenvalue weighted by atomic mass is 10.3. The van der Waals surface area contributed by atoms with Crippen LogP contribution in [0.25, 0.3) is 0 Å². The number of nitrogens with one attached hydrogen (secondary N) is 3. The maximum absolute atomic E-state index is 11.8. The summed E-state index contributed by atoms with van der Waals surface area (Å²) in [5, 5.41) is 8.55. The van der Waals surface area contributed by atoms with Crippen LogP contribution in [-0.2, 0) is 4.79 Å². The van der Waals surface area contributed by atoms with E-state index in [1.807, 2.05) is 13.8 Å². The Morgan fingerprint density at radius 2 is 1.95 bits per heavy atom. The lowest BCUT2D eigenvalue weighted by Gasteiger charge is -2.14. The fourth-order valence-electron chi connectivity index (χ4n) is 1.39. The van der Waals surface area contributed by atoms with Gasteiger partial charge in [0.25, 0.3) is 0 Å². The van der Waals surface area contributed by atoms with Crippen LogP contribution in [0.1, 0.15) is 27.2 Å². The number of hydrogen-bond acceptors (Lipinski definition) is 7. The van der Waals surface area contributed by atoms with E-state index in [1.54, 1.807) is 14.0 Å². The number of nitrogens with zero attached hydrogens (tertiary/aromatic N) is 3. The van der Waals surface area contributed by atoms with E-state index >= 15 is 0 Å². The van der Waals surface area contributed by atoms with Crippen molar-refractivity contribution in [2.45, 2.75) is 33.2 Å². The predicted octanol–water partition coefficient (Wildman–Crippen LogP) is 0.639. The molecule has 1 unspecified atom stereocenters. The molecule has 1 amide bonds. The van der Waals surface area contributed by atoms with Gasteiger partial charge in [0, 0.05) is 13.6 Å². The summed E-state index contributed by atoms with van der Waals surface area (Å²) < 4.78 is 5.25. The average molecular weight is 282 g/mol. The molecule has 0 aliphatic heterocycles. The van der Waals surface area contributed by atoms with Crippen molar-refractivity contribution in [1.29, 1.82) is 0 Å². The molecule has 8 nitrogen and oxygen atoms in total. The minimum Gasteiger partial charge on any atom is -0.464 e. The van der Waals surface area contributed by atoms with Crippen molar-refractivity contribution in [3.63, 3.8) is 0 Å². The average Bonchev–Trinajstić information content (AvgIpc) is 2.44. The Balaban J connectivity index is 2.74. The third-order valence-electron chi connectivity index (χ3n) is 2.40. The third-order valence-corrected chi connectivity index (χ3v) is 2.40. The normalized spacial score (nSPS) is 11.6. The Hall–Kier alpha value is -2.12. The summed E-state index contributed by atoms with van der Waals surface area (Å²) in [6.45, 7) is 6.69. The zero-order valence-electron chi connectivity index (χ0n) is 12.4. The SMILES string of the molecule is CCCNC(=O)C(C)Nc1nc(NC)nc(OCC)n1. The van der Waals surface area contributed by atoms with Crippen molar-refractivity contribution < 1.29 is 9.53 Å². The summed E-state index contributed by atoms with van der Waals surface area (Å²) in [6, 6.07) is -0.223. The van der Waals surface area contributed by atoms with Gasteiger partial charge in [-0.2, -0.15) is 15.0 Å². The first-order valence-corrected chi connectivity index (χ1v) is 6.71. The van der Waals surface area contributed by atoms with Crippen molar-refractivity contribution in [3.8, 4) is 6.01 Å². The smallest absolute Gasteiger partial charge is 0.323 e. The van der Waals surface area contributed by atoms with Gasteiger partial charge in [-0.05, 0) is 20.3 Å². The molecule has 0 radical (unpaired) electrons. The molecule has 1 aromatic rings. The monoisotopic (exact) mass is 282 g/mol. The van der Waals surface area contributed by atoms with Gasteiger partial charge in [0.15, 0.2) is 0 Å². The molecule has 0 saturated carbocycles. The van der Waals surface area contributed by atoms with Crippen molar-refractivity contribution in [1.82, 2.24) is 20.3 Å². The molecule has 8 heteroatoms. The van der Waals surface area contributed by atoms with Crippen LogP contribution in [0, 0.1) is 0 Å². The van der Waals surface area contributed by atoms with Crippen LogP contribution in [0.15, 0.2) is 0 Å². The lowest BCUT2D eigenvalue weighted by molar-refractivity contribution is -0.121. The van der Waals surface area contributed by atoms with Gasteiger partial charge in [-0.3, -0.25) is 4.79 Å². The standard InChI is InChI=1S/C12H22N6O2/c1-5-7-14-9(19)8(3)15-11-16-10(13-4)17-12(18-11)20-6-2/h8H,5-7H2,1-4H3,(H,14,19)(H2,13,15,16,17,18). The number of rotatable bonds is 8. The molecule has 0 fully saturated rings. The fraction of sp³-hybridized carbons (Fsp3) is 0.667. The molecule has 112 valence electrons. The molecule has 0 aliphatic carbocycles. The number of carbonyl (C=O) groups excluding carboxylic acids is 1. The number of ether oxygens (including phenoxy) is 1. The molecular weight excluding hydrogens is 260 g/mol. The minimum absolute atomic E-state index is 0.101. The van der Waals surface area contributed by atoms with Crippen LogP contribution in [0.5, 0.6) is 6.01 Å². The van der Waals surface area contributed by atoms with Crippen LogP contribution in [0.4, 0.5) is 11.9 Å². The Bertz CT molecular complexity index is 440.